The van der Waals surface area contributed by atoms with Crippen LogP contribution < -0.4 is 10.1 Å². The van der Waals surface area contributed by atoms with Gasteiger partial charge in [-0.25, -0.2) is 0 Å². The highest BCUT2D eigenvalue weighted by molar-refractivity contribution is 5.27. The van der Waals surface area contributed by atoms with Gasteiger partial charge in [0.25, 0.3) is 0 Å². The highest BCUT2D eigenvalue weighted by Gasteiger charge is 2.20. The van der Waals surface area contributed by atoms with Crippen molar-refractivity contribution in [3.8, 4) is 5.75 Å². The van der Waals surface area contributed by atoms with Gasteiger partial charge in [-0.15, -0.1) is 0 Å². The average Bonchev–Trinajstić information content (AvgIpc) is 2.52. The molecule has 0 radical (unpaired) electrons. The molecule has 1 aromatic rings. The van der Waals surface area contributed by atoms with Gasteiger partial charge >= 0.3 is 6.61 Å². The molecule has 0 spiro atoms. The van der Waals surface area contributed by atoms with Crippen molar-refractivity contribution in [2.75, 3.05) is 6.54 Å². The van der Waals surface area contributed by atoms with Crippen molar-refractivity contribution in [1.82, 2.24) is 5.32 Å². The normalized spacial score (nSPS) is 23.0. The number of ether oxygens (including phenoxy) is 1. The topological polar surface area (TPSA) is 41.5 Å². The minimum absolute atomic E-state index is 0.125. The summed E-state index contributed by atoms with van der Waals surface area (Å²) in [6, 6.07) is 7.24. The predicted octanol–water partition coefficient (Wildman–Crippen LogP) is 3.75. The Balaban J connectivity index is 1.66. The van der Waals surface area contributed by atoms with Crippen molar-refractivity contribution >= 4 is 0 Å². The van der Waals surface area contributed by atoms with E-state index in [-0.39, 0.29) is 11.9 Å². The SMILES string of the molecule is CC(CCc1ccc(OC(F)F)cc1)NCC1CCCC(O)C1. The summed E-state index contributed by atoms with van der Waals surface area (Å²) in [6.45, 7) is 0.343. The lowest BCUT2D eigenvalue weighted by molar-refractivity contribution is -0.0498. The summed E-state index contributed by atoms with van der Waals surface area (Å²) in [5, 5.41) is 13.2. The van der Waals surface area contributed by atoms with Crippen LogP contribution in [0.2, 0.25) is 0 Å². The number of benzene rings is 1. The van der Waals surface area contributed by atoms with Gasteiger partial charge in [-0.3, -0.25) is 0 Å². The molecule has 2 rings (SSSR count). The Hall–Kier alpha value is -1.20. The van der Waals surface area contributed by atoms with Crippen LogP contribution in [0.1, 0.15) is 44.6 Å². The van der Waals surface area contributed by atoms with E-state index in [1.807, 2.05) is 12.1 Å². The van der Waals surface area contributed by atoms with Gasteiger partial charge < -0.3 is 15.2 Å². The zero-order chi connectivity index (χ0) is 16.7. The minimum Gasteiger partial charge on any atom is -0.435 e. The van der Waals surface area contributed by atoms with Gasteiger partial charge in [0, 0.05) is 6.04 Å². The third-order valence-corrected chi connectivity index (χ3v) is 4.52. The number of alkyl halides is 2. The number of rotatable bonds is 8. The van der Waals surface area contributed by atoms with Crippen molar-refractivity contribution in [3.05, 3.63) is 29.8 Å². The van der Waals surface area contributed by atoms with Gasteiger partial charge in [0.2, 0.25) is 0 Å². The van der Waals surface area contributed by atoms with Crippen LogP contribution in [0.25, 0.3) is 0 Å². The lowest BCUT2D eigenvalue weighted by Gasteiger charge is -2.27. The Morgan fingerprint density at radius 2 is 2.00 bits per heavy atom. The Bertz CT molecular complexity index is 453. The number of aryl methyl sites for hydroxylation is 1. The Kier molecular flexibility index (Phi) is 7.24. The van der Waals surface area contributed by atoms with Crippen LogP contribution >= 0.6 is 0 Å². The molecule has 1 saturated carbocycles. The van der Waals surface area contributed by atoms with Crippen molar-refractivity contribution in [1.29, 1.82) is 0 Å². The smallest absolute Gasteiger partial charge is 0.387 e. The van der Waals surface area contributed by atoms with Crippen LogP contribution in [-0.2, 0) is 6.42 Å². The highest BCUT2D eigenvalue weighted by Crippen LogP contribution is 2.23. The standard InChI is InChI=1S/C18H27F2NO2/c1-13(21-12-15-3-2-4-16(22)11-15)5-6-14-7-9-17(10-8-14)23-18(19)20/h7-10,13,15-16,18,21-22H,2-6,11-12H2,1H3. The molecule has 3 atom stereocenters. The quantitative estimate of drug-likeness (QED) is 0.764. The van der Waals surface area contributed by atoms with Gasteiger partial charge in [-0.05, 0) is 69.2 Å². The van der Waals surface area contributed by atoms with Crippen molar-refractivity contribution in [2.24, 2.45) is 5.92 Å². The van der Waals surface area contributed by atoms with Crippen molar-refractivity contribution in [2.45, 2.75) is 64.2 Å². The summed E-state index contributed by atoms with van der Waals surface area (Å²) in [6.07, 6.45) is 5.93. The molecular weight excluding hydrogens is 300 g/mol. The van der Waals surface area contributed by atoms with E-state index in [1.54, 1.807) is 12.1 Å². The first-order valence-electron chi connectivity index (χ1n) is 8.48. The first-order valence-corrected chi connectivity index (χ1v) is 8.48. The van der Waals surface area contributed by atoms with E-state index in [1.165, 1.54) is 6.42 Å². The van der Waals surface area contributed by atoms with E-state index >= 15 is 0 Å². The monoisotopic (exact) mass is 327 g/mol. The van der Waals surface area contributed by atoms with E-state index in [4.69, 9.17) is 0 Å². The van der Waals surface area contributed by atoms with Crippen LogP contribution in [0, 0.1) is 5.92 Å². The van der Waals surface area contributed by atoms with Crippen LogP contribution in [0.5, 0.6) is 5.75 Å². The fraction of sp³-hybridized carbons (Fsp3) is 0.667. The van der Waals surface area contributed by atoms with Crippen LogP contribution in [-0.4, -0.2) is 30.4 Å². The third-order valence-electron chi connectivity index (χ3n) is 4.52. The zero-order valence-corrected chi connectivity index (χ0v) is 13.7. The summed E-state index contributed by atoms with van der Waals surface area (Å²) >= 11 is 0. The first kappa shape index (κ1) is 18.1. The van der Waals surface area contributed by atoms with Crippen LogP contribution in [0.15, 0.2) is 24.3 Å². The molecule has 0 aromatic heterocycles. The predicted molar refractivity (Wildman–Crippen MR) is 86.8 cm³/mol. The average molecular weight is 327 g/mol. The molecule has 0 heterocycles. The highest BCUT2D eigenvalue weighted by atomic mass is 19.3. The summed E-state index contributed by atoms with van der Waals surface area (Å²) in [5.41, 5.74) is 1.12. The fourth-order valence-corrected chi connectivity index (χ4v) is 3.14. The molecule has 130 valence electrons. The van der Waals surface area contributed by atoms with Crippen molar-refractivity contribution in [3.63, 3.8) is 0 Å². The number of aliphatic hydroxyl groups is 1. The minimum atomic E-state index is -2.77. The summed E-state index contributed by atoms with van der Waals surface area (Å²) < 4.78 is 28.5. The van der Waals surface area contributed by atoms with E-state index < -0.39 is 6.61 Å². The molecule has 5 heteroatoms. The lowest BCUT2D eigenvalue weighted by Crippen LogP contribution is -2.34. The molecule has 1 aliphatic carbocycles. The maximum absolute atomic E-state index is 12.1. The van der Waals surface area contributed by atoms with E-state index in [0.29, 0.717) is 12.0 Å². The van der Waals surface area contributed by atoms with Gasteiger partial charge in [-0.2, -0.15) is 8.78 Å². The van der Waals surface area contributed by atoms with Crippen LogP contribution in [0.3, 0.4) is 0 Å². The van der Waals surface area contributed by atoms with Gasteiger partial charge in [-0.1, -0.05) is 18.6 Å². The Labute approximate surface area is 137 Å². The molecule has 1 fully saturated rings. The number of aliphatic hydroxyl groups excluding tert-OH is 1. The third kappa shape index (κ3) is 6.83. The molecule has 1 aliphatic rings. The van der Waals surface area contributed by atoms with E-state index in [0.717, 1.165) is 44.2 Å². The molecule has 0 saturated heterocycles. The summed E-state index contributed by atoms with van der Waals surface area (Å²) in [5.74, 6) is 0.776. The summed E-state index contributed by atoms with van der Waals surface area (Å²) in [7, 11) is 0. The second-order valence-corrected chi connectivity index (χ2v) is 6.56. The van der Waals surface area contributed by atoms with Gasteiger partial charge in [0.05, 0.1) is 6.10 Å². The largest absolute Gasteiger partial charge is 0.435 e. The first-order chi connectivity index (χ1) is 11.0. The molecule has 0 amide bonds. The van der Waals surface area contributed by atoms with E-state index in [9.17, 15) is 13.9 Å². The molecule has 1 aromatic carbocycles. The zero-order valence-electron chi connectivity index (χ0n) is 13.7. The summed E-state index contributed by atoms with van der Waals surface area (Å²) in [4.78, 5) is 0. The van der Waals surface area contributed by atoms with Gasteiger partial charge in [0.15, 0.2) is 0 Å². The molecule has 2 N–H and O–H groups in total. The number of nitrogens with one attached hydrogen (secondary N) is 1. The second-order valence-electron chi connectivity index (χ2n) is 6.56. The van der Waals surface area contributed by atoms with Crippen molar-refractivity contribution < 1.29 is 18.6 Å². The Morgan fingerprint density at radius 3 is 2.65 bits per heavy atom. The Morgan fingerprint density at radius 1 is 1.26 bits per heavy atom. The lowest BCUT2D eigenvalue weighted by atomic mass is 9.87. The molecule has 23 heavy (non-hydrogen) atoms. The van der Waals surface area contributed by atoms with Gasteiger partial charge in [0.1, 0.15) is 5.75 Å². The second kappa shape index (κ2) is 9.18. The molecule has 3 unspecified atom stereocenters. The number of halogens is 2. The molecule has 0 bridgehead atoms. The molecule has 3 nitrogen and oxygen atoms in total. The maximum atomic E-state index is 12.1. The van der Waals surface area contributed by atoms with E-state index in [2.05, 4.69) is 17.0 Å². The molecular formula is C18H27F2NO2. The molecule has 0 aliphatic heterocycles. The van der Waals surface area contributed by atoms with Crippen LogP contribution in [0.4, 0.5) is 8.78 Å². The number of hydrogen-bond acceptors (Lipinski definition) is 3. The number of hydrogen-bond donors (Lipinski definition) is 2. The maximum Gasteiger partial charge on any atom is 0.387 e. The fourth-order valence-electron chi connectivity index (χ4n) is 3.14.